The molecule has 1 rings (SSSR count). The highest BCUT2D eigenvalue weighted by Crippen LogP contribution is 2.20. The lowest BCUT2D eigenvalue weighted by Crippen LogP contribution is -2.47. The van der Waals surface area contributed by atoms with E-state index in [0.717, 1.165) is 0 Å². The van der Waals surface area contributed by atoms with Crippen LogP contribution in [-0.4, -0.2) is 41.0 Å². The van der Waals surface area contributed by atoms with Gasteiger partial charge in [-0.1, -0.05) is 23.7 Å². The molecule has 150 valence electrons. The predicted molar refractivity (Wildman–Crippen MR) is 104 cm³/mol. The van der Waals surface area contributed by atoms with Gasteiger partial charge in [-0.3, -0.25) is 9.59 Å². The monoisotopic (exact) mass is 397 g/mol. The van der Waals surface area contributed by atoms with Crippen molar-refractivity contribution in [2.75, 3.05) is 0 Å². The molecule has 0 aliphatic heterocycles. The Morgan fingerprint density at radius 3 is 2.04 bits per heavy atom. The van der Waals surface area contributed by atoms with Crippen molar-refractivity contribution in [3.63, 3.8) is 0 Å². The van der Waals surface area contributed by atoms with Gasteiger partial charge in [-0.2, -0.15) is 0 Å². The molecule has 8 heteroatoms. The van der Waals surface area contributed by atoms with Crippen LogP contribution in [-0.2, 0) is 14.3 Å². The molecule has 0 aromatic heterocycles. The van der Waals surface area contributed by atoms with Crippen molar-refractivity contribution in [2.24, 2.45) is 5.73 Å². The number of urea groups is 1. The summed E-state index contributed by atoms with van der Waals surface area (Å²) in [4.78, 5) is 37.9. The molecule has 0 heterocycles. The van der Waals surface area contributed by atoms with Crippen molar-refractivity contribution in [2.45, 2.75) is 65.3 Å². The molecule has 3 amide bonds. The van der Waals surface area contributed by atoms with Crippen molar-refractivity contribution >= 4 is 29.5 Å². The number of primary amides is 1. The van der Waals surface area contributed by atoms with Gasteiger partial charge in [0.25, 0.3) is 5.91 Å². The highest BCUT2D eigenvalue weighted by molar-refractivity contribution is 6.30. The second-order valence-electron chi connectivity index (χ2n) is 6.88. The lowest BCUT2D eigenvalue weighted by molar-refractivity contribution is -0.161. The predicted octanol–water partition coefficient (Wildman–Crippen LogP) is 3.02. The molecule has 3 N–H and O–H groups in total. The molecule has 0 saturated carbocycles. The maximum absolute atomic E-state index is 12.6. The van der Waals surface area contributed by atoms with Crippen LogP contribution in [0, 0.1) is 0 Å². The van der Waals surface area contributed by atoms with Crippen LogP contribution in [0.5, 0.6) is 0 Å². The smallest absolute Gasteiger partial charge is 0.312 e. The summed E-state index contributed by atoms with van der Waals surface area (Å²) in [5, 5.41) is 3.04. The number of ether oxygens (including phenoxy) is 1. The third-order valence-electron chi connectivity index (χ3n) is 3.98. The molecule has 0 spiro atoms. The molecule has 2 atom stereocenters. The molecule has 0 saturated heterocycles. The summed E-state index contributed by atoms with van der Waals surface area (Å²) in [6.07, 6.45) is -1.09. The Labute approximate surface area is 165 Å². The van der Waals surface area contributed by atoms with Crippen molar-refractivity contribution < 1.29 is 19.1 Å². The number of carbonyl (C=O) groups excluding carboxylic acids is 3. The second-order valence-corrected chi connectivity index (χ2v) is 7.32. The summed E-state index contributed by atoms with van der Waals surface area (Å²) in [6.45, 7) is 9.15. The largest absolute Gasteiger partial charge is 0.452 e. The fourth-order valence-corrected chi connectivity index (χ4v) is 3.02. The SMILES string of the molecule is CC(C)N(C(=O)[C@@H](C)OC(=O)C[C@H](NC(N)=O)c1ccc(Cl)cc1)C(C)C. The maximum Gasteiger partial charge on any atom is 0.312 e. The zero-order chi connectivity index (χ0) is 20.7. The van der Waals surface area contributed by atoms with E-state index < -0.39 is 24.1 Å². The molecule has 0 fully saturated rings. The van der Waals surface area contributed by atoms with Crippen molar-refractivity contribution in [1.82, 2.24) is 10.2 Å². The molecule has 7 nitrogen and oxygen atoms in total. The number of carbonyl (C=O) groups is 3. The van der Waals surface area contributed by atoms with E-state index in [0.29, 0.717) is 10.6 Å². The van der Waals surface area contributed by atoms with Gasteiger partial charge in [0.2, 0.25) is 0 Å². The lowest BCUT2D eigenvalue weighted by Gasteiger charge is -2.32. The zero-order valence-corrected chi connectivity index (χ0v) is 17.1. The van der Waals surface area contributed by atoms with Gasteiger partial charge in [0.05, 0.1) is 12.5 Å². The van der Waals surface area contributed by atoms with Crippen LogP contribution in [0.1, 0.15) is 52.6 Å². The number of amides is 3. The molecule has 0 unspecified atom stereocenters. The summed E-state index contributed by atoms with van der Waals surface area (Å²) in [6, 6.07) is 5.18. The van der Waals surface area contributed by atoms with Gasteiger partial charge in [0.1, 0.15) is 0 Å². The number of hydrogen-bond donors (Lipinski definition) is 2. The molecular weight excluding hydrogens is 370 g/mol. The molecule has 0 aliphatic carbocycles. The van der Waals surface area contributed by atoms with E-state index >= 15 is 0 Å². The van der Waals surface area contributed by atoms with E-state index in [2.05, 4.69) is 5.32 Å². The zero-order valence-electron chi connectivity index (χ0n) is 16.4. The Kier molecular flexibility index (Phi) is 8.56. The Bertz CT molecular complexity index is 653. The van der Waals surface area contributed by atoms with Crippen LogP contribution in [0.25, 0.3) is 0 Å². The molecule has 1 aromatic rings. The number of rotatable bonds is 8. The maximum atomic E-state index is 12.6. The number of nitrogens with one attached hydrogen (secondary N) is 1. The van der Waals surface area contributed by atoms with Crippen LogP contribution in [0.4, 0.5) is 4.79 Å². The number of nitrogens with two attached hydrogens (primary N) is 1. The minimum atomic E-state index is -0.929. The first-order valence-electron chi connectivity index (χ1n) is 8.86. The van der Waals surface area contributed by atoms with Crippen molar-refractivity contribution in [1.29, 1.82) is 0 Å². The summed E-state index contributed by atoms with van der Waals surface area (Å²) >= 11 is 5.87. The Hall–Kier alpha value is -2.28. The lowest BCUT2D eigenvalue weighted by atomic mass is 10.0. The summed E-state index contributed by atoms with van der Waals surface area (Å²) in [7, 11) is 0. The fraction of sp³-hybridized carbons (Fsp3) is 0.526. The van der Waals surface area contributed by atoms with Crippen LogP contribution in [0.2, 0.25) is 5.02 Å². The average Bonchev–Trinajstić information content (AvgIpc) is 2.53. The number of nitrogens with zero attached hydrogens (tertiary/aromatic N) is 1. The topological polar surface area (TPSA) is 102 Å². The van der Waals surface area contributed by atoms with Gasteiger partial charge in [0, 0.05) is 17.1 Å². The molecule has 0 radical (unpaired) electrons. The molecule has 0 aliphatic rings. The standard InChI is InChI=1S/C19H28ClN3O4/c1-11(2)23(12(3)4)18(25)13(5)27-17(24)10-16(22-19(21)26)14-6-8-15(20)9-7-14/h6-9,11-13,16H,10H2,1-5H3,(H3,21,22,26)/t13-,16+/m1/s1. The summed E-state index contributed by atoms with van der Waals surface area (Å²) in [5.41, 5.74) is 5.86. The number of benzene rings is 1. The van der Waals surface area contributed by atoms with Crippen molar-refractivity contribution in [3.05, 3.63) is 34.9 Å². The first-order valence-corrected chi connectivity index (χ1v) is 9.23. The Morgan fingerprint density at radius 2 is 1.59 bits per heavy atom. The second kappa shape index (κ2) is 10.2. The normalized spacial score (nSPS) is 13.2. The molecule has 0 bridgehead atoms. The molecule has 27 heavy (non-hydrogen) atoms. The highest BCUT2D eigenvalue weighted by Gasteiger charge is 2.28. The van der Waals surface area contributed by atoms with E-state index in [1.807, 2.05) is 27.7 Å². The van der Waals surface area contributed by atoms with Gasteiger partial charge < -0.3 is 20.7 Å². The Balaban J connectivity index is 2.82. The van der Waals surface area contributed by atoms with Gasteiger partial charge in [-0.05, 0) is 52.3 Å². The third-order valence-corrected chi connectivity index (χ3v) is 4.23. The molecule has 1 aromatic carbocycles. The van der Waals surface area contributed by atoms with Gasteiger partial charge >= 0.3 is 12.0 Å². The van der Waals surface area contributed by atoms with Crippen molar-refractivity contribution in [3.8, 4) is 0 Å². The first-order chi connectivity index (χ1) is 12.5. The van der Waals surface area contributed by atoms with Crippen LogP contribution < -0.4 is 11.1 Å². The highest BCUT2D eigenvalue weighted by atomic mass is 35.5. The minimum Gasteiger partial charge on any atom is -0.452 e. The van der Waals surface area contributed by atoms with Crippen LogP contribution in [0.15, 0.2) is 24.3 Å². The van der Waals surface area contributed by atoms with E-state index in [1.54, 1.807) is 29.2 Å². The van der Waals surface area contributed by atoms with E-state index in [1.165, 1.54) is 6.92 Å². The number of hydrogen-bond acceptors (Lipinski definition) is 4. The Morgan fingerprint density at radius 1 is 1.07 bits per heavy atom. The third kappa shape index (κ3) is 7.09. The van der Waals surface area contributed by atoms with Gasteiger partial charge in [-0.15, -0.1) is 0 Å². The van der Waals surface area contributed by atoms with Crippen LogP contribution in [0.3, 0.4) is 0 Å². The average molecular weight is 398 g/mol. The quantitative estimate of drug-likeness (QED) is 0.658. The fourth-order valence-electron chi connectivity index (χ4n) is 2.90. The first kappa shape index (κ1) is 22.8. The van der Waals surface area contributed by atoms with E-state index in [-0.39, 0.29) is 24.4 Å². The van der Waals surface area contributed by atoms with E-state index in [4.69, 9.17) is 22.1 Å². The minimum absolute atomic E-state index is 0.0167. The van der Waals surface area contributed by atoms with Crippen LogP contribution >= 0.6 is 11.6 Å². The summed E-state index contributed by atoms with van der Waals surface area (Å²) < 4.78 is 5.30. The van der Waals surface area contributed by atoms with Gasteiger partial charge in [-0.25, -0.2) is 4.79 Å². The summed E-state index contributed by atoms with van der Waals surface area (Å²) in [5.74, 6) is -0.878. The van der Waals surface area contributed by atoms with Gasteiger partial charge in [0.15, 0.2) is 6.10 Å². The number of esters is 1. The van der Waals surface area contributed by atoms with E-state index in [9.17, 15) is 14.4 Å². The number of halogens is 1. The molecular formula is C19H28ClN3O4.